The predicted molar refractivity (Wildman–Crippen MR) is 97.3 cm³/mol. The Bertz CT molecular complexity index is 238. The monoisotopic (exact) mass is 281 g/mol. The van der Waals surface area contributed by atoms with Crippen molar-refractivity contribution in [1.82, 2.24) is 5.32 Å². The minimum absolute atomic E-state index is 0.729. The van der Waals surface area contributed by atoms with E-state index in [2.05, 4.69) is 44.0 Å². The van der Waals surface area contributed by atoms with Crippen LogP contribution in [0.15, 0.2) is 36.0 Å². The van der Waals surface area contributed by atoms with Gasteiger partial charge in [0, 0.05) is 0 Å². The molecule has 0 atom stereocenters. The third kappa shape index (κ3) is 17.2. The van der Waals surface area contributed by atoms with Crippen molar-refractivity contribution in [3.05, 3.63) is 36.0 Å². The summed E-state index contributed by atoms with van der Waals surface area (Å²) in [7, 11) is 0. The molecule has 0 aromatic heterocycles. The maximum atomic E-state index is 4.05. The first-order valence-electron chi connectivity index (χ1n) is 8.23. The van der Waals surface area contributed by atoms with Crippen LogP contribution in [0.3, 0.4) is 0 Å². The second-order valence-electron chi connectivity index (χ2n) is 4.47. The minimum atomic E-state index is 0.729. The molecule has 1 rings (SSSR count). The first-order valence-corrected chi connectivity index (χ1v) is 8.23. The molecule has 0 radical (unpaired) electrons. The van der Waals surface area contributed by atoms with Crippen molar-refractivity contribution in [3.8, 4) is 0 Å². The highest BCUT2D eigenvalue weighted by molar-refractivity contribution is 5.17. The number of allylic oxidation sites excluding steroid dienone is 5. The molecule has 0 amide bonds. The Morgan fingerprint density at radius 3 is 1.70 bits per heavy atom. The van der Waals surface area contributed by atoms with Gasteiger partial charge in [-0.2, -0.15) is 0 Å². The Kier molecular flexibility index (Phi) is 24.8. The SMILES string of the molecule is C=C(/C=C\C)C1CCNCC1.CC.CC.CC=C(C)C. The van der Waals surface area contributed by atoms with Gasteiger partial charge in [0.05, 0.1) is 0 Å². The van der Waals surface area contributed by atoms with E-state index in [1.807, 2.05) is 41.5 Å². The number of hydrogen-bond acceptors (Lipinski definition) is 1. The molecule has 0 unspecified atom stereocenters. The van der Waals surface area contributed by atoms with E-state index in [0.29, 0.717) is 0 Å². The number of rotatable bonds is 2. The van der Waals surface area contributed by atoms with E-state index >= 15 is 0 Å². The molecule has 1 aliphatic rings. The molecule has 0 spiro atoms. The smallest absolute Gasteiger partial charge is 0.00431 e. The minimum Gasteiger partial charge on any atom is -0.317 e. The largest absolute Gasteiger partial charge is 0.317 e. The Labute approximate surface area is 129 Å². The third-order valence-corrected chi connectivity index (χ3v) is 2.82. The maximum absolute atomic E-state index is 4.05. The van der Waals surface area contributed by atoms with Crippen molar-refractivity contribution in [2.75, 3.05) is 13.1 Å². The molecule has 1 fully saturated rings. The number of piperidine rings is 1. The van der Waals surface area contributed by atoms with E-state index in [9.17, 15) is 0 Å². The molecule has 1 aliphatic heterocycles. The van der Waals surface area contributed by atoms with Gasteiger partial charge < -0.3 is 5.32 Å². The Morgan fingerprint density at radius 1 is 1.00 bits per heavy atom. The fourth-order valence-electron chi connectivity index (χ4n) is 1.54. The summed E-state index contributed by atoms with van der Waals surface area (Å²) in [5.74, 6) is 0.729. The Balaban J connectivity index is -0.000000272. The molecule has 120 valence electrons. The average Bonchev–Trinajstić information content (AvgIpc) is 2.53. The lowest BCUT2D eigenvalue weighted by Gasteiger charge is -2.22. The van der Waals surface area contributed by atoms with Crippen LogP contribution in [0.4, 0.5) is 0 Å². The molecule has 0 aromatic carbocycles. The van der Waals surface area contributed by atoms with Gasteiger partial charge >= 0.3 is 0 Å². The zero-order chi connectivity index (χ0) is 16.4. The summed E-state index contributed by atoms with van der Waals surface area (Å²) in [5.41, 5.74) is 2.68. The van der Waals surface area contributed by atoms with Crippen LogP contribution in [0.2, 0.25) is 0 Å². The van der Waals surface area contributed by atoms with Gasteiger partial charge in [0.25, 0.3) is 0 Å². The molecular formula is C19H39N. The molecule has 0 aromatic rings. The fourth-order valence-corrected chi connectivity index (χ4v) is 1.54. The molecule has 1 saturated heterocycles. The van der Waals surface area contributed by atoms with Gasteiger partial charge in [-0.1, -0.05) is 63.6 Å². The van der Waals surface area contributed by atoms with Crippen molar-refractivity contribution in [2.24, 2.45) is 5.92 Å². The van der Waals surface area contributed by atoms with Crippen molar-refractivity contribution >= 4 is 0 Å². The summed E-state index contributed by atoms with van der Waals surface area (Å²) in [4.78, 5) is 0. The normalized spacial score (nSPS) is 13.8. The molecular weight excluding hydrogens is 242 g/mol. The highest BCUT2D eigenvalue weighted by atomic mass is 14.9. The van der Waals surface area contributed by atoms with Gasteiger partial charge in [0.1, 0.15) is 0 Å². The first kappa shape index (κ1) is 24.2. The van der Waals surface area contributed by atoms with Crippen molar-refractivity contribution in [2.45, 2.75) is 68.2 Å². The predicted octanol–water partition coefficient (Wildman–Crippen LogP) is 6.14. The molecule has 1 heterocycles. The highest BCUT2D eigenvalue weighted by Crippen LogP contribution is 2.20. The highest BCUT2D eigenvalue weighted by Gasteiger charge is 2.13. The number of hydrogen-bond donors (Lipinski definition) is 1. The van der Waals surface area contributed by atoms with Gasteiger partial charge in [-0.25, -0.2) is 0 Å². The van der Waals surface area contributed by atoms with Crippen molar-refractivity contribution < 1.29 is 0 Å². The van der Waals surface area contributed by atoms with Gasteiger partial charge in [-0.3, -0.25) is 0 Å². The molecule has 1 heteroatoms. The van der Waals surface area contributed by atoms with Crippen molar-refractivity contribution in [1.29, 1.82) is 0 Å². The van der Waals surface area contributed by atoms with E-state index in [4.69, 9.17) is 0 Å². The second-order valence-corrected chi connectivity index (χ2v) is 4.47. The second kappa shape index (κ2) is 20.5. The Hall–Kier alpha value is -0.820. The van der Waals surface area contributed by atoms with Gasteiger partial charge in [0.2, 0.25) is 0 Å². The molecule has 0 aliphatic carbocycles. The van der Waals surface area contributed by atoms with Crippen LogP contribution in [0, 0.1) is 5.92 Å². The first-order chi connectivity index (χ1) is 9.61. The maximum Gasteiger partial charge on any atom is -0.00431 e. The van der Waals surface area contributed by atoms with E-state index in [1.165, 1.54) is 24.0 Å². The quantitative estimate of drug-likeness (QED) is 0.473. The third-order valence-electron chi connectivity index (χ3n) is 2.82. The van der Waals surface area contributed by atoms with Crippen LogP contribution in [0.5, 0.6) is 0 Å². The van der Waals surface area contributed by atoms with Crippen LogP contribution in [0.1, 0.15) is 68.2 Å². The molecule has 1 nitrogen and oxygen atoms in total. The topological polar surface area (TPSA) is 12.0 Å². The lowest BCUT2D eigenvalue weighted by atomic mass is 9.91. The average molecular weight is 282 g/mol. The zero-order valence-corrected chi connectivity index (χ0v) is 15.3. The van der Waals surface area contributed by atoms with Crippen LogP contribution in [-0.2, 0) is 0 Å². The summed E-state index contributed by atoms with van der Waals surface area (Å²) < 4.78 is 0. The zero-order valence-electron chi connectivity index (χ0n) is 15.3. The summed E-state index contributed by atoms with van der Waals surface area (Å²) >= 11 is 0. The van der Waals surface area contributed by atoms with Gasteiger partial charge in [0.15, 0.2) is 0 Å². The van der Waals surface area contributed by atoms with E-state index < -0.39 is 0 Å². The van der Waals surface area contributed by atoms with E-state index in [1.54, 1.807) is 0 Å². The molecule has 20 heavy (non-hydrogen) atoms. The van der Waals surface area contributed by atoms with Crippen LogP contribution < -0.4 is 5.32 Å². The number of nitrogens with one attached hydrogen (secondary N) is 1. The van der Waals surface area contributed by atoms with Gasteiger partial charge in [-0.05, 0) is 59.5 Å². The summed E-state index contributed by atoms with van der Waals surface area (Å²) in [5, 5.41) is 3.35. The Morgan fingerprint density at radius 2 is 1.40 bits per heavy atom. The molecule has 0 saturated carbocycles. The summed E-state index contributed by atoms with van der Waals surface area (Å²) in [6, 6.07) is 0. The van der Waals surface area contributed by atoms with E-state index in [-0.39, 0.29) is 0 Å². The van der Waals surface area contributed by atoms with Crippen LogP contribution >= 0.6 is 0 Å². The standard InChI is InChI=1S/C10H17N.C5H10.2C2H6/c1-3-4-9(2)10-5-7-11-8-6-10;1-4-5(2)3;2*1-2/h3-4,10-11H,2,5-8H2,1H3;4H,1-3H3;2*1-2H3/b4-3-;;;. The van der Waals surface area contributed by atoms with E-state index in [0.717, 1.165) is 19.0 Å². The summed E-state index contributed by atoms with van der Waals surface area (Å²) in [6.07, 6.45) is 8.80. The summed E-state index contributed by atoms with van der Waals surface area (Å²) in [6.45, 7) is 22.6. The van der Waals surface area contributed by atoms with Gasteiger partial charge in [-0.15, -0.1) is 0 Å². The molecule has 1 N–H and O–H groups in total. The van der Waals surface area contributed by atoms with Crippen molar-refractivity contribution in [3.63, 3.8) is 0 Å². The van der Waals surface area contributed by atoms with Crippen LogP contribution in [0.25, 0.3) is 0 Å². The fraction of sp³-hybridized carbons (Fsp3) is 0.684. The lowest BCUT2D eigenvalue weighted by molar-refractivity contribution is 0.426. The van der Waals surface area contributed by atoms with Crippen LogP contribution in [-0.4, -0.2) is 13.1 Å². The lowest BCUT2D eigenvalue weighted by Crippen LogP contribution is -2.28. The molecule has 0 bridgehead atoms.